The van der Waals surface area contributed by atoms with Crippen molar-refractivity contribution >= 4 is 23.3 Å². The van der Waals surface area contributed by atoms with Crippen LogP contribution in [0, 0.1) is 0 Å². The van der Waals surface area contributed by atoms with Crippen LogP contribution in [0.4, 0.5) is 10.5 Å². The lowest BCUT2D eigenvalue weighted by molar-refractivity contribution is 0.252. The molecular formula is C7H6ClN2O. The zero-order valence-electron chi connectivity index (χ0n) is 5.62. The quantitative estimate of drug-likeness (QED) is 0.683. The molecule has 1 aromatic carbocycles. The Morgan fingerprint density at radius 1 is 1.36 bits per heavy atom. The molecule has 0 saturated carbocycles. The maximum Gasteiger partial charge on any atom is 0.338 e. The summed E-state index contributed by atoms with van der Waals surface area (Å²) in [6.07, 6.45) is 0. The van der Waals surface area contributed by atoms with Crippen molar-refractivity contribution in [1.29, 1.82) is 0 Å². The molecule has 0 saturated heterocycles. The fraction of sp³-hybridized carbons (Fsp3) is 0. The highest BCUT2D eigenvalue weighted by Crippen LogP contribution is 2.12. The molecule has 0 spiro atoms. The fourth-order valence-corrected chi connectivity index (χ4v) is 0.769. The van der Waals surface area contributed by atoms with Gasteiger partial charge < -0.3 is 5.73 Å². The first kappa shape index (κ1) is 7.88. The lowest BCUT2D eigenvalue weighted by Crippen LogP contribution is -2.18. The molecule has 0 unspecified atom stereocenters. The highest BCUT2D eigenvalue weighted by atomic mass is 35.5. The SMILES string of the molecule is NC(=O)[N]c1ccc(Cl)cc1. The van der Waals surface area contributed by atoms with Gasteiger partial charge in [-0.3, -0.25) is 0 Å². The summed E-state index contributed by atoms with van der Waals surface area (Å²) in [6.45, 7) is 0. The second-order valence-corrected chi connectivity index (χ2v) is 2.36. The number of nitrogens with two attached hydrogens (primary N) is 1. The molecule has 0 heterocycles. The summed E-state index contributed by atoms with van der Waals surface area (Å²) >= 11 is 5.59. The van der Waals surface area contributed by atoms with Crippen molar-refractivity contribution in [1.82, 2.24) is 5.32 Å². The van der Waals surface area contributed by atoms with Gasteiger partial charge in [-0.2, -0.15) is 5.32 Å². The van der Waals surface area contributed by atoms with E-state index >= 15 is 0 Å². The van der Waals surface area contributed by atoms with Crippen LogP contribution in [0.15, 0.2) is 24.3 Å². The average molecular weight is 170 g/mol. The van der Waals surface area contributed by atoms with Crippen LogP contribution >= 0.6 is 11.6 Å². The minimum Gasteiger partial charge on any atom is -0.350 e. The van der Waals surface area contributed by atoms with E-state index < -0.39 is 6.03 Å². The van der Waals surface area contributed by atoms with E-state index in [9.17, 15) is 4.79 Å². The van der Waals surface area contributed by atoms with Crippen LogP contribution in [-0.4, -0.2) is 6.03 Å². The monoisotopic (exact) mass is 169 g/mol. The third-order valence-electron chi connectivity index (χ3n) is 1.07. The minimum absolute atomic E-state index is 0.516. The van der Waals surface area contributed by atoms with Crippen LogP contribution in [0.25, 0.3) is 0 Å². The Morgan fingerprint density at radius 3 is 2.36 bits per heavy atom. The third-order valence-corrected chi connectivity index (χ3v) is 1.32. The summed E-state index contributed by atoms with van der Waals surface area (Å²) in [6, 6.07) is 5.82. The molecule has 4 heteroatoms. The Morgan fingerprint density at radius 2 is 1.91 bits per heavy atom. The summed E-state index contributed by atoms with van der Waals surface area (Å²) in [5, 5.41) is 4.09. The van der Waals surface area contributed by atoms with E-state index in [0.29, 0.717) is 10.7 Å². The molecule has 1 rings (SSSR count). The van der Waals surface area contributed by atoms with E-state index in [4.69, 9.17) is 17.3 Å². The molecule has 0 aliphatic heterocycles. The van der Waals surface area contributed by atoms with Crippen molar-refractivity contribution in [3.05, 3.63) is 29.3 Å². The molecule has 0 fully saturated rings. The van der Waals surface area contributed by atoms with Gasteiger partial charge in [0.25, 0.3) is 0 Å². The predicted octanol–water partition coefficient (Wildman–Crippen LogP) is 1.65. The summed E-state index contributed by atoms with van der Waals surface area (Å²) in [5.41, 5.74) is 5.34. The predicted molar refractivity (Wildman–Crippen MR) is 42.8 cm³/mol. The average Bonchev–Trinajstić information content (AvgIpc) is 1.93. The number of amides is 2. The van der Waals surface area contributed by atoms with Gasteiger partial charge in [0.2, 0.25) is 0 Å². The Kier molecular flexibility index (Phi) is 2.33. The molecule has 3 nitrogen and oxygen atoms in total. The van der Waals surface area contributed by atoms with Gasteiger partial charge in [0.15, 0.2) is 0 Å². The van der Waals surface area contributed by atoms with Crippen LogP contribution in [0.5, 0.6) is 0 Å². The number of carbonyl (C=O) groups excluding carboxylic acids is 1. The summed E-state index contributed by atoms with van der Waals surface area (Å²) in [5.74, 6) is 0. The Bertz CT molecular complexity index is 258. The molecule has 1 radical (unpaired) electrons. The lowest BCUT2D eigenvalue weighted by Gasteiger charge is -1.95. The van der Waals surface area contributed by atoms with E-state index in [0.717, 1.165) is 0 Å². The molecule has 1 aromatic rings. The standard InChI is InChI=1S/C7H6ClN2O/c8-5-1-3-6(4-2-5)10-7(9)11/h1-4H,(H2,9,11). The van der Waals surface area contributed by atoms with Gasteiger partial charge in [0.1, 0.15) is 0 Å². The van der Waals surface area contributed by atoms with Crippen LogP contribution in [0.3, 0.4) is 0 Å². The maximum atomic E-state index is 10.3. The molecule has 11 heavy (non-hydrogen) atoms. The number of nitrogens with zero attached hydrogens (tertiary/aromatic N) is 1. The molecule has 2 amide bonds. The molecule has 2 N–H and O–H groups in total. The number of carbonyl (C=O) groups is 1. The zero-order valence-corrected chi connectivity index (χ0v) is 6.38. The normalized spacial score (nSPS) is 9.18. The van der Waals surface area contributed by atoms with Gasteiger partial charge >= 0.3 is 6.03 Å². The zero-order chi connectivity index (χ0) is 8.27. The van der Waals surface area contributed by atoms with Gasteiger partial charge in [-0.15, -0.1) is 0 Å². The molecule has 0 aliphatic rings. The second-order valence-electron chi connectivity index (χ2n) is 1.93. The Hall–Kier alpha value is -1.22. The van der Waals surface area contributed by atoms with E-state index in [1.807, 2.05) is 0 Å². The van der Waals surface area contributed by atoms with Crippen molar-refractivity contribution in [2.45, 2.75) is 0 Å². The molecule has 0 atom stereocenters. The summed E-state index contributed by atoms with van der Waals surface area (Å²) in [4.78, 5) is 10.3. The van der Waals surface area contributed by atoms with Crippen molar-refractivity contribution in [3.63, 3.8) is 0 Å². The third kappa shape index (κ3) is 2.47. The number of benzene rings is 1. The van der Waals surface area contributed by atoms with Gasteiger partial charge in [-0.1, -0.05) is 11.6 Å². The molecular weight excluding hydrogens is 164 g/mol. The molecule has 57 valence electrons. The van der Waals surface area contributed by atoms with Crippen molar-refractivity contribution < 1.29 is 4.79 Å². The first-order valence-corrected chi connectivity index (χ1v) is 3.33. The van der Waals surface area contributed by atoms with Crippen molar-refractivity contribution in [2.24, 2.45) is 5.73 Å². The van der Waals surface area contributed by atoms with Gasteiger partial charge in [-0.25, -0.2) is 4.79 Å². The van der Waals surface area contributed by atoms with Gasteiger partial charge in [0.05, 0.1) is 5.69 Å². The highest BCUT2D eigenvalue weighted by Gasteiger charge is 1.96. The van der Waals surface area contributed by atoms with Crippen LogP contribution in [0.1, 0.15) is 0 Å². The Labute approximate surface area is 69.2 Å². The van der Waals surface area contributed by atoms with Crippen LogP contribution in [-0.2, 0) is 0 Å². The largest absolute Gasteiger partial charge is 0.350 e. The summed E-state index contributed by atoms with van der Waals surface area (Å²) < 4.78 is 0. The topological polar surface area (TPSA) is 57.2 Å². The van der Waals surface area contributed by atoms with Gasteiger partial charge in [-0.05, 0) is 24.3 Å². The number of halogens is 1. The smallest absolute Gasteiger partial charge is 0.338 e. The first-order chi connectivity index (χ1) is 5.18. The summed E-state index contributed by atoms with van der Waals surface area (Å²) in [7, 11) is 0. The number of rotatable bonds is 1. The van der Waals surface area contributed by atoms with Crippen molar-refractivity contribution in [2.75, 3.05) is 0 Å². The van der Waals surface area contributed by atoms with E-state index in [-0.39, 0.29) is 0 Å². The van der Waals surface area contributed by atoms with E-state index in [1.165, 1.54) is 0 Å². The number of hydrogen-bond acceptors (Lipinski definition) is 1. The molecule has 0 bridgehead atoms. The van der Waals surface area contributed by atoms with E-state index in [2.05, 4.69) is 5.32 Å². The minimum atomic E-state index is -0.702. The molecule has 0 aliphatic carbocycles. The maximum absolute atomic E-state index is 10.3. The van der Waals surface area contributed by atoms with Crippen LogP contribution < -0.4 is 11.1 Å². The number of hydrogen-bond donors (Lipinski definition) is 1. The van der Waals surface area contributed by atoms with Gasteiger partial charge in [0, 0.05) is 5.02 Å². The van der Waals surface area contributed by atoms with Crippen LogP contribution in [0.2, 0.25) is 5.02 Å². The Balaban J connectivity index is 2.74. The lowest BCUT2D eigenvalue weighted by atomic mass is 10.3. The number of primary amides is 1. The highest BCUT2D eigenvalue weighted by molar-refractivity contribution is 6.30. The first-order valence-electron chi connectivity index (χ1n) is 2.95. The fourth-order valence-electron chi connectivity index (χ4n) is 0.643. The van der Waals surface area contributed by atoms with Crippen molar-refractivity contribution in [3.8, 4) is 0 Å². The second kappa shape index (κ2) is 3.25. The molecule has 0 aromatic heterocycles. The van der Waals surface area contributed by atoms with E-state index in [1.54, 1.807) is 24.3 Å². The number of urea groups is 1.